The van der Waals surface area contributed by atoms with Gasteiger partial charge in [-0.15, -0.1) is 0 Å². The Kier molecular flexibility index (Phi) is 11.7. The number of hydrogen-bond acceptors (Lipinski definition) is 4. The summed E-state index contributed by atoms with van der Waals surface area (Å²) in [5.74, 6) is -0.493. The maximum atomic E-state index is 10.7. The third-order valence-corrected chi connectivity index (χ3v) is 3.28. The van der Waals surface area contributed by atoms with Crippen LogP contribution in [0.2, 0.25) is 0 Å². The lowest BCUT2D eigenvalue weighted by molar-refractivity contribution is -0.140. The van der Waals surface area contributed by atoms with Gasteiger partial charge < -0.3 is 9.47 Å². The van der Waals surface area contributed by atoms with Gasteiger partial charge in [0.25, 0.3) is 0 Å². The van der Waals surface area contributed by atoms with Crippen LogP contribution in [0.1, 0.15) is 60.3 Å². The Morgan fingerprint density at radius 2 is 1.17 bits per heavy atom. The summed E-state index contributed by atoms with van der Waals surface area (Å²) in [4.78, 5) is 21.4. The number of rotatable bonds is 10. The van der Waals surface area contributed by atoms with Gasteiger partial charge in [-0.1, -0.05) is 23.3 Å². The molecule has 0 saturated heterocycles. The molecule has 0 fully saturated rings. The molecule has 0 radical (unpaired) electrons. The number of carbonyl (C=O) groups excluding carboxylic acids is 2. The molecule has 0 aromatic heterocycles. The number of esters is 2. The molecule has 0 rings (SSSR count). The van der Waals surface area contributed by atoms with Crippen molar-refractivity contribution >= 4 is 11.9 Å². The Morgan fingerprint density at radius 3 is 1.70 bits per heavy atom. The molecule has 0 N–H and O–H groups in total. The normalized spacial score (nSPS) is 13.0. The van der Waals surface area contributed by atoms with Gasteiger partial charge in [-0.05, 0) is 58.1 Å². The Balaban J connectivity index is 3.96. The molecule has 4 nitrogen and oxygen atoms in total. The van der Waals surface area contributed by atoms with E-state index in [1.807, 2.05) is 19.9 Å². The Hall–Kier alpha value is -1.84. The van der Waals surface area contributed by atoms with E-state index in [-0.39, 0.29) is 11.9 Å². The monoisotopic (exact) mass is 322 g/mol. The van der Waals surface area contributed by atoms with E-state index >= 15 is 0 Å². The van der Waals surface area contributed by atoms with E-state index in [0.717, 1.165) is 31.3 Å². The van der Waals surface area contributed by atoms with Gasteiger partial charge >= 0.3 is 11.9 Å². The maximum Gasteiger partial charge on any atom is 0.302 e. The van der Waals surface area contributed by atoms with Gasteiger partial charge in [0.2, 0.25) is 0 Å². The van der Waals surface area contributed by atoms with Crippen molar-refractivity contribution in [3.8, 4) is 0 Å². The Bertz CT molecular complexity index is 470. The Labute approximate surface area is 140 Å². The summed E-state index contributed by atoms with van der Waals surface area (Å²) in [6.07, 6.45) is 10.2. The molecular formula is C19H30O4. The smallest absolute Gasteiger partial charge is 0.302 e. The van der Waals surface area contributed by atoms with Crippen molar-refractivity contribution in [3.63, 3.8) is 0 Å². The molecule has 4 heteroatoms. The number of hydrogen-bond donors (Lipinski definition) is 0. The lowest BCUT2D eigenvalue weighted by Crippen LogP contribution is -2.01. The highest BCUT2D eigenvalue weighted by Crippen LogP contribution is 2.11. The lowest BCUT2D eigenvalue weighted by Gasteiger charge is -2.03. The molecule has 0 aliphatic rings. The first-order valence-corrected chi connectivity index (χ1v) is 8.05. The molecule has 0 spiro atoms. The SMILES string of the molecule is CC(=O)OCC=C(C)CCC=C(C)CCC=C(C)COC(C)=O. The second-order valence-corrected chi connectivity index (χ2v) is 5.81. The van der Waals surface area contributed by atoms with E-state index in [9.17, 15) is 9.59 Å². The molecule has 0 aromatic rings. The molecular weight excluding hydrogens is 292 g/mol. The van der Waals surface area contributed by atoms with Crippen LogP contribution >= 0.6 is 0 Å². The van der Waals surface area contributed by atoms with Crippen LogP contribution in [0.3, 0.4) is 0 Å². The highest BCUT2D eigenvalue weighted by Gasteiger charge is 1.96. The fourth-order valence-electron chi connectivity index (χ4n) is 1.87. The van der Waals surface area contributed by atoms with Crippen LogP contribution in [0.15, 0.2) is 34.9 Å². The topological polar surface area (TPSA) is 52.6 Å². The van der Waals surface area contributed by atoms with E-state index in [1.165, 1.54) is 25.0 Å². The predicted octanol–water partition coefficient (Wildman–Crippen LogP) is 4.51. The van der Waals surface area contributed by atoms with Crippen LogP contribution < -0.4 is 0 Å². The number of ether oxygens (including phenoxy) is 2. The van der Waals surface area contributed by atoms with Gasteiger partial charge in [-0.2, -0.15) is 0 Å². The number of allylic oxidation sites excluding steroid dienone is 4. The molecule has 0 saturated carbocycles. The minimum Gasteiger partial charge on any atom is -0.462 e. The van der Waals surface area contributed by atoms with Crippen LogP contribution in [0.5, 0.6) is 0 Å². The largest absolute Gasteiger partial charge is 0.462 e. The molecule has 0 amide bonds. The van der Waals surface area contributed by atoms with Crippen molar-refractivity contribution < 1.29 is 19.1 Å². The van der Waals surface area contributed by atoms with Crippen LogP contribution in [0, 0.1) is 0 Å². The lowest BCUT2D eigenvalue weighted by atomic mass is 10.1. The zero-order chi connectivity index (χ0) is 17.7. The average Bonchev–Trinajstić information content (AvgIpc) is 2.44. The fourth-order valence-corrected chi connectivity index (χ4v) is 1.87. The first kappa shape index (κ1) is 21.2. The van der Waals surface area contributed by atoms with Gasteiger partial charge in [0, 0.05) is 13.8 Å². The average molecular weight is 322 g/mol. The van der Waals surface area contributed by atoms with Crippen LogP contribution in [0.4, 0.5) is 0 Å². The summed E-state index contributed by atoms with van der Waals surface area (Å²) in [6, 6.07) is 0. The van der Waals surface area contributed by atoms with E-state index in [0.29, 0.717) is 13.2 Å². The predicted molar refractivity (Wildman–Crippen MR) is 93.0 cm³/mol. The van der Waals surface area contributed by atoms with Gasteiger partial charge in [-0.25, -0.2) is 0 Å². The van der Waals surface area contributed by atoms with Gasteiger partial charge in [0.1, 0.15) is 13.2 Å². The van der Waals surface area contributed by atoms with Gasteiger partial charge in [0.05, 0.1) is 0 Å². The summed E-state index contributed by atoms with van der Waals surface area (Å²) in [5, 5.41) is 0. The molecule has 0 aromatic carbocycles. The summed E-state index contributed by atoms with van der Waals surface area (Å²) < 4.78 is 9.82. The third kappa shape index (κ3) is 14.8. The van der Waals surface area contributed by atoms with E-state index in [1.54, 1.807) is 0 Å². The zero-order valence-corrected chi connectivity index (χ0v) is 15.1. The Morgan fingerprint density at radius 1 is 0.696 bits per heavy atom. The molecule has 23 heavy (non-hydrogen) atoms. The second-order valence-electron chi connectivity index (χ2n) is 5.81. The molecule has 0 aliphatic carbocycles. The molecule has 0 unspecified atom stereocenters. The third-order valence-electron chi connectivity index (χ3n) is 3.28. The summed E-state index contributed by atoms with van der Waals surface area (Å²) >= 11 is 0. The van der Waals surface area contributed by atoms with Crippen molar-refractivity contribution in [1.29, 1.82) is 0 Å². The van der Waals surface area contributed by atoms with Crippen molar-refractivity contribution in [2.24, 2.45) is 0 Å². The summed E-state index contributed by atoms with van der Waals surface area (Å²) in [5.41, 5.74) is 3.67. The molecule has 0 heterocycles. The first-order valence-electron chi connectivity index (χ1n) is 8.05. The van der Waals surface area contributed by atoms with Crippen molar-refractivity contribution in [2.45, 2.75) is 60.3 Å². The van der Waals surface area contributed by atoms with Crippen molar-refractivity contribution in [1.82, 2.24) is 0 Å². The number of carbonyl (C=O) groups is 2. The van der Waals surface area contributed by atoms with Gasteiger partial charge in [-0.3, -0.25) is 9.59 Å². The van der Waals surface area contributed by atoms with Crippen molar-refractivity contribution in [3.05, 3.63) is 34.9 Å². The molecule has 130 valence electrons. The van der Waals surface area contributed by atoms with Gasteiger partial charge in [0.15, 0.2) is 0 Å². The minimum absolute atomic E-state index is 0.244. The summed E-state index contributed by atoms with van der Waals surface area (Å²) in [7, 11) is 0. The maximum absolute atomic E-state index is 10.7. The molecule has 0 atom stereocenters. The highest BCUT2D eigenvalue weighted by atomic mass is 16.5. The van der Waals surface area contributed by atoms with Crippen LogP contribution in [-0.2, 0) is 19.1 Å². The van der Waals surface area contributed by atoms with Crippen molar-refractivity contribution in [2.75, 3.05) is 13.2 Å². The quantitative estimate of drug-likeness (QED) is 0.438. The standard InChI is InChI=1S/C19H30O4/c1-15(9-7-11-17(3)14-23-19(5)21)8-6-10-16(2)12-13-22-18(4)20/h8,11-12H,6-7,9-10,13-14H2,1-5H3. The van der Waals surface area contributed by atoms with E-state index in [4.69, 9.17) is 9.47 Å². The van der Waals surface area contributed by atoms with E-state index in [2.05, 4.69) is 19.1 Å². The minimum atomic E-state index is -0.248. The molecule has 0 aliphatic heterocycles. The summed E-state index contributed by atoms with van der Waals surface area (Å²) in [6.45, 7) is 9.72. The zero-order valence-electron chi connectivity index (χ0n) is 15.1. The van der Waals surface area contributed by atoms with Crippen LogP contribution in [0.25, 0.3) is 0 Å². The van der Waals surface area contributed by atoms with Crippen LogP contribution in [-0.4, -0.2) is 25.2 Å². The molecule has 0 bridgehead atoms. The second kappa shape index (κ2) is 12.7. The first-order chi connectivity index (χ1) is 10.8. The highest BCUT2D eigenvalue weighted by molar-refractivity contribution is 5.66. The fraction of sp³-hybridized carbons (Fsp3) is 0.579. The van der Waals surface area contributed by atoms with E-state index < -0.39 is 0 Å².